The Balaban J connectivity index is 1.92. The smallest absolute Gasteiger partial charge is 0.203 e. The second-order valence-electron chi connectivity index (χ2n) is 4.60. The molecule has 1 aromatic carbocycles. The lowest BCUT2D eigenvalue weighted by Gasteiger charge is -2.16. The first-order valence-electron chi connectivity index (χ1n) is 6.05. The van der Waals surface area contributed by atoms with Crippen molar-refractivity contribution in [2.24, 2.45) is 7.05 Å². The summed E-state index contributed by atoms with van der Waals surface area (Å²) in [6.45, 7) is 2.94. The molecule has 2 heterocycles. The number of aromatic nitrogens is 2. The van der Waals surface area contributed by atoms with Crippen molar-refractivity contribution in [2.45, 2.75) is 25.5 Å². The molecule has 17 heavy (non-hydrogen) atoms. The quantitative estimate of drug-likeness (QED) is 0.861. The fourth-order valence-electron chi connectivity index (χ4n) is 2.36. The SMILES string of the molecule is CC1OCCC1Nc1nc2ccccc2n1C. The molecular formula is C13H17N3O. The van der Waals surface area contributed by atoms with Crippen molar-refractivity contribution >= 4 is 17.0 Å². The predicted octanol–water partition coefficient (Wildman–Crippen LogP) is 2.16. The lowest BCUT2D eigenvalue weighted by atomic mass is 10.2. The van der Waals surface area contributed by atoms with E-state index < -0.39 is 0 Å². The molecule has 0 bridgehead atoms. The van der Waals surface area contributed by atoms with Crippen LogP contribution in [-0.4, -0.2) is 28.3 Å². The summed E-state index contributed by atoms with van der Waals surface area (Å²) in [5, 5.41) is 3.48. The van der Waals surface area contributed by atoms with E-state index in [2.05, 4.69) is 27.9 Å². The summed E-state index contributed by atoms with van der Waals surface area (Å²) in [5.41, 5.74) is 2.19. The molecule has 0 aliphatic carbocycles. The molecule has 1 aromatic heterocycles. The number of aryl methyl sites for hydroxylation is 1. The van der Waals surface area contributed by atoms with Crippen molar-refractivity contribution in [3.8, 4) is 0 Å². The van der Waals surface area contributed by atoms with Gasteiger partial charge in [-0.3, -0.25) is 0 Å². The van der Waals surface area contributed by atoms with Crippen molar-refractivity contribution in [1.82, 2.24) is 9.55 Å². The summed E-state index contributed by atoms with van der Waals surface area (Å²) < 4.78 is 7.65. The van der Waals surface area contributed by atoms with Gasteiger partial charge in [0.1, 0.15) is 0 Å². The van der Waals surface area contributed by atoms with Crippen molar-refractivity contribution in [1.29, 1.82) is 0 Å². The zero-order valence-electron chi connectivity index (χ0n) is 10.2. The number of fused-ring (bicyclic) bond motifs is 1. The lowest BCUT2D eigenvalue weighted by molar-refractivity contribution is 0.121. The van der Waals surface area contributed by atoms with E-state index in [1.54, 1.807) is 0 Å². The van der Waals surface area contributed by atoms with Gasteiger partial charge in [0.2, 0.25) is 5.95 Å². The molecule has 0 saturated carbocycles. The van der Waals surface area contributed by atoms with E-state index in [9.17, 15) is 0 Å². The molecule has 1 saturated heterocycles. The molecule has 2 aromatic rings. The van der Waals surface area contributed by atoms with Gasteiger partial charge >= 0.3 is 0 Å². The second-order valence-corrected chi connectivity index (χ2v) is 4.60. The highest BCUT2D eigenvalue weighted by molar-refractivity contribution is 5.78. The van der Waals surface area contributed by atoms with Crippen LogP contribution >= 0.6 is 0 Å². The van der Waals surface area contributed by atoms with Gasteiger partial charge in [-0.25, -0.2) is 4.98 Å². The van der Waals surface area contributed by atoms with Crippen LogP contribution in [0.2, 0.25) is 0 Å². The van der Waals surface area contributed by atoms with Crippen LogP contribution in [0.15, 0.2) is 24.3 Å². The molecule has 1 fully saturated rings. The summed E-state index contributed by atoms with van der Waals surface area (Å²) in [4.78, 5) is 4.61. The van der Waals surface area contributed by atoms with Crippen molar-refractivity contribution in [2.75, 3.05) is 11.9 Å². The lowest BCUT2D eigenvalue weighted by Crippen LogP contribution is -2.28. The predicted molar refractivity (Wildman–Crippen MR) is 68.2 cm³/mol. The Morgan fingerprint density at radius 3 is 2.94 bits per heavy atom. The van der Waals surface area contributed by atoms with Gasteiger partial charge in [-0.15, -0.1) is 0 Å². The van der Waals surface area contributed by atoms with Gasteiger partial charge in [-0.2, -0.15) is 0 Å². The zero-order chi connectivity index (χ0) is 11.8. The van der Waals surface area contributed by atoms with Gasteiger partial charge < -0.3 is 14.6 Å². The summed E-state index contributed by atoms with van der Waals surface area (Å²) in [7, 11) is 2.04. The minimum atomic E-state index is 0.259. The maximum absolute atomic E-state index is 5.55. The Hall–Kier alpha value is -1.55. The molecule has 2 atom stereocenters. The van der Waals surface area contributed by atoms with Gasteiger partial charge in [-0.05, 0) is 25.5 Å². The molecule has 2 unspecified atom stereocenters. The van der Waals surface area contributed by atoms with Crippen LogP contribution in [0.5, 0.6) is 0 Å². The third-order valence-electron chi connectivity index (χ3n) is 3.48. The summed E-state index contributed by atoms with van der Waals surface area (Å²) in [6, 6.07) is 8.54. The Labute approximate surface area is 101 Å². The molecule has 1 aliphatic rings. The Morgan fingerprint density at radius 2 is 2.24 bits per heavy atom. The van der Waals surface area contributed by atoms with Gasteiger partial charge in [0.05, 0.1) is 23.2 Å². The topological polar surface area (TPSA) is 39.1 Å². The average molecular weight is 231 g/mol. The molecule has 0 radical (unpaired) electrons. The number of imidazole rings is 1. The minimum absolute atomic E-state index is 0.259. The summed E-state index contributed by atoms with van der Waals surface area (Å²) in [5.74, 6) is 0.925. The van der Waals surface area contributed by atoms with E-state index in [4.69, 9.17) is 4.74 Å². The summed E-state index contributed by atoms with van der Waals surface area (Å²) >= 11 is 0. The van der Waals surface area contributed by atoms with Crippen molar-refractivity contribution < 1.29 is 4.74 Å². The van der Waals surface area contributed by atoms with E-state index in [1.807, 2.05) is 25.2 Å². The Bertz CT molecular complexity index is 534. The van der Waals surface area contributed by atoms with Crippen LogP contribution in [0.3, 0.4) is 0 Å². The van der Waals surface area contributed by atoms with Crippen LogP contribution in [0.25, 0.3) is 11.0 Å². The van der Waals surface area contributed by atoms with Crippen molar-refractivity contribution in [3.63, 3.8) is 0 Å². The number of benzene rings is 1. The first-order valence-corrected chi connectivity index (χ1v) is 6.05. The van der Waals surface area contributed by atoms with Crippen LogP contribution < -0.4 is 5.32 Å². The average Bonchev–Trinajstić information content (AvgIpc) is 2.87. The van der Waals surface area contributed by atoms with Gasteiger partial charge in [0.15, 0.2) is 0 Å². The maximum atomic E-state index is 5.55. The number of para-hydroxylation sites is 2. The molecule has 1 aliphatic heterocycles. The second kappa shape index (κ2) is 4.04. The monoisotopic (exact) mass is 231 g/mol. The molecule has 4 heteroatoms. The highest BCUT2D eigenvalue weighted by Gasteiger charge is 2.25. The number of ether oxygens (including phenoxy) is 1. The number of nitrogens with zero attached hydrogens (tertiary/aromatic N) is 2. The standard InChI is InChI=1S/C13H17N3O/c1-9-10(7-8-17-9)14-13-15-11-5-3-4-6-12(11)16(13)2/h3-6,9-10H,7-8H2,1-2H3,(H,14,15). The largest absolute Gasteiger partial charge is 0.376 e. The van der Waals surface area contributed by atoms with Crippen molar-refractivity contribution in [3.05, 3.63) is 24.3 Å². The number of hydrogen-bond acceptors (Lipinski definition) is 3. The molecule has 90 valence electrons. The molecule has 1 N–H and O–H groups in total. The number of nitrogens with one attached hydrogen (secondary N) is 1. The molecular weight excluding hydrogens is 214 g/mol. The molecule has 4 nitrogen and oxygen atoms in total. The Kier molecular flexibility index (Phi) is 2.52. The van der Waals surface area contributed by atoms with Crippen LogP contribution in [0, 0.1) is 0 Å². The zero-order valence-corrected chi connectivity index (χ0v) is 10.2. The first kappa shape index (κ1) is 10.6. The third kappa shape index (κ3) is 1.78. The van der Waals surface area contributed by atoms with Gasteiger partial charge in [0.25, 0.3) is 0 Å². The van der Waals surface area contributed by atoms with E-state index >= 15 is 0 Å². The van der Waals surface area contributed by atoms with E-state index in [0.29, 0.717) is 6.04 Å². The normalized spacial score (nSPS) is 24.4. The highest BCUT2D eigenvalue weighted by atomic mass is 16.5. The van der Waals surface area contributed by atoms with Gasteiger partial charge in [0, 0.05) is 13.7 Å². The highest BCUT2D eigenvalue weighted by Crippen LogP contribution is 2.21. The van der Waals surface area contributed by atoms with E-state index in [0.717, 1.165) is 30.0 Å². The number of anilines is 1. The number of rotatable bonds is 2. The fraction of sp³-hybridized carbons (Fsp3) is 0.462. The molecule has 3 rings (SSSR count). The summed E-state index contributed by atoms with van der Waals surface area (Å²) in [6.07, 6.45) is 1.31. The van der Waals surface area contributed by atoms with E-state index in [1.165, 1.54) is 0 Å². The van der Waals surface area contributed by atoms with Crippen LogP contribution in [0.4, 0.5) is 5.95 Å². The third-order valence-corrected chi connectivity index (χ3v) is 3.48. The minimum Gasteiger partial charge on any atom is -0.376 e. The fourth-order valence-corrected chi connectivity index (χ4v) is 2.36. The maximum Gasteiger partial charge on any atom is 0.203 e. The molecule has 0 amide bonds. The number of hydrogen-bond donors (Lipinski definition) is 1. The van der Waals surface area contributed by atoms with E-state index in [-0.39, 0.29) is 6.10 Å². The first-order chi connectivity index (χ1) is 8.25. The van der Waals surface area contributed by atoms with Crippen LogP contribution in [-0.2, 0) is 11.8 Å². The Morgan fingerprint density at radius 1 is 1.41 bits per heavy atom. The van der Waals surface area contributed by atoms with Crippen LogP contribution in [0.1, 0.15) is 13.3 Å². The molecule has 0 spiro atoms. The van der Waals surface area contributed by atoms with Gasteiger partial charge in [-0.1, -0.05) is 12.1 Å².